The summed E-state index contributed by atoms with van der Waals surface area (Å²) in [5.41, 5.74) is 3.40. The standard InChI is InChI=1S/C17H15NO2/c1-12-2-8-15(9-3-12)16(17(19)20)10-13-4-6-14(11-18)7-5-13/h2-9,16H,10H2,1H3,(H,19,20). The molecule has 1 atom stereocenters. The highest BCUT2D eigenvalue weighted by Crippen LogP contribution is 2.22. The van der Waals surface area contributed by atoms with Crippen LogP contribution in [0.5, 0.6) is 0 Å². The Hall–Kier alpha value is -2.60. The summed E-state index contributed by atoms with van der Waals surface area (Å²) in [6.07, 6.45) is 0.421. The summed E-state index contributed by atoms with van der Waals surface area (Å²) in [5.74, 6) is -1.40. The Morgan fingerprint density at radius 1 is 1.15 bits per heavy atom. The molecule has 3 nitrogen and oxygen atoms in total. The van der Waals surface area contributed by atoms with E-state index in [-0.39, 0.29) is 0 Å². The van der Waals surface area contributed by atoms with Crippen LogP contribution in [0.15, 0.2) is 48.5 Å². The topological polar surface area (TPSA) is 61.1 Å². The van der Waals surface area contributed by atoms with Crippen molar-refractivity contribution in [3.63, 3.8) is 0 Å². The zero-order chi connectivity index (χ0) is 14.5. The SMILES string of the molecule is Cc1ccc(C(Cc2ccc(C#N)cc2)C(=O)O)cc1. The van der Waals surface area contributed by atoms with E-state index in [4.69, 9.17) is 5.26 Å². The van der Waals surface area contributed by atoms with E-state index in [9.17, 15) is 9.90 Å². The van der Waals surface area contributed by atoms with Gasteiger partial charge in [-0.15, -0.1) is 0 Å². The smallest absolute Gasteiger partial charge is 0.311 e. The number of aryl methyl sites for hydroxylation is 1. The second-order valence-electron chi connectivity index (χ2n) is 4.81. The van der Waals surface area contributed by atoms with E-state index in [1.54, 1.807) is 12.1 Å². The normalized spacial score (nSPS) is 11.6. The fraction of sp³-hybridized carbons (Fsp3) is 0.176. The monoisotopic (exact) mass is 265 g/mol. The Morgan fingerprint density at radius 2 is 1.75 bits per heavy atom. The van der Waals surface area contributed by atoms with E-state index in [2.05, 4.69) is 6.07 Å². The average Bonchev–Trinajstić information content (AvgIpc) is 2.46. The number of aliphatic carboxylic acids is 1. The van der Waals surface area contributed by atoms with Crippen LogP contribution in [0.1, 0.15) is 28.2 Å². The number of hydrogen-bond donors (Lipinski definition) is 1. The van der Waals surface area contributed by atoms with Crippen molar-refractivity contribution in [1.82, 2.24) is 0 Å². The Labute approximate surface area is 118 Å². The molecule has 2 aromatic rings. The first-order valence-corrected chi connectivity index (χ1v) is 6.38. The molecule has 100 valence electrons. The maximum atomic E-state index is 11.5. The van der Waals surface area contributed by atoms with Gasteiger partial charge < -0.3 is 5.11 Å². The summed E-state index contributed by atoms with van der Waals surface area (Å²) in [4.78, 5) is 11.5. The minimum absolute atomic E-state index is 0.421. The van der Waals surface area contributed by atoms with Gasteiger partial charge in [0, 0.05) is 0 Å². The number of carboxylic acid groups (broad SMARTS) is 1. The molecular weight excluding hydrogens is 250 g/mol. The third kappa shape index (κ3) is 3.24. The lowest BCUT2D eigenvalue weighted by molar-refractivity contribution is -0.138. The molecule has 2 rings (SSSR count). The van der Waals surface area contributed by atoms with Gasteiger partial charge in [0.25, 0.3) is 0 Å². The number of hydrogen-bond acceptors (Lipinski definition) is 2. The first-order chi connectivity index (χ1) is 9.60. The number of nitriles is 1. The van der Waals surface area contributed by atoms with E-state index in [1.165, 1.54) is 0 Å². The molecule has 0 aliphatic carbocycles. The highest BCUT2D eigenvalue weighted by molar-refractivity contribution is 5.76. The number of carbonyl (C=O) groups is 1. The van der Waals surface area contributed by atoms with Crippen LogP contribution in [0.25, 0.3) is 0 Å². The van der Waals surface area contributed by atoms with Crippen molar-refractivity contribution in [3.8, 4) is 6.07 Å². The average molecular weight is 265 g/mol. The molecular formula is C17H15NO2. The van der Waals surface area contributed by atoms with Crippen molar-refractivity contribution >= 4 is 5.97 Å². The maximum Gasteiger partial charge on any atom is 0.311 e. The molecule has 2 aromatic carbocycles. The van der Waals surface area contributed by atoms with Crippen molar-refractivity contribution in [3.05, 3.63) is 70.8 Å². The maximum absolute atomic E-state index is 11.5. The molecule has 0 heterocycles. The van der Waals surface area contributed by atoms with Crippen molar-refractivity contribution in [1.29, 1.82) is 5.26 Å². The van der Waals surface area contributed by atoms with E-state index < -0.39 is 11.9 Å². The minimum Gasteiger partial charge on any atom is -0.481 e. The first-order valence-electron chi connectivity index (χ1n) is 6.38. The highest BCUT2D eigenvalue weighted by atomic mass is 16.4. The third-order valence-electron chi connectivity index (χ3n) is 3.30. The van der Waals surface area contributed by atoms with Crippen LogP contribution in [0.4, 0.5) is 0 Å². The van der Waals surface area contributed by atoms with Gasteiger partial charge in [-0.3, -0.25) is 4.79 Å². The minimum atomic E-state index is -0.835. The van der Waals surface area contributed by atoms with Crippen molar-refractivity contribution in [2.45, 2.75) is 19.3 Å². The quantitative estimate of drug-likeness (QED) is 0.922. The van der Waals surface area contributed by atoms with Crippen molar-refractivity contribution in [2.75, 3.05) is 0 Å². The Morgan fingerprint density at radius 3 is 2.25 bits per heavy atom. The molecule has 1 unspecified atom stereocenters. The number of benzene rings is 2. The van der Waals surface area contributed by atoms with Gasteiger partial charge in [0.2, 0.25) is 0 Å². The molecule has 0 aliphatic rings. The zero-order valence-electron chi connectivity index (χ0n) is 11.2. The molecule has 0 aliphatic heterocycles. The van der Waals surface area contributed by atoms with Crippen LogP contribution in [-0.2, 0) is 11.2 Å². The van der Waals surface area contributed by atoms with Gasteiger partial charge in [0.15, 0.2) is 0 Å². The lowest BCUT2D eigenvalue weighted by Gasteiger charge is -2.13. The third-order valence-corrected chi connectivity index (χ3v) is 3.30. The van der Waals surface area contributed by atoms with Crippen LogP contribution in [0.3, 0.4) is 0 Å². The van der Waals surface area contributed by atoms with Crippen LogP contribution in [0.2, 0.25) is 0 Å². The highest BCUT2D eigenvalue weighted by Gasteiger charge is 2.20. The van der Waals surface area contributed by atoms with Crippen LogP contribution >= 0.6 is 0 Å². The van der Waals surface area contributed by atoms with E-state index in [0.29, 0.717) is 12.0 Å². The van der Waals surface area contributed by atoms with Crippen molar-refractivity contribution < 1.29 is 9.90 Å². The van der Waals surface area contributed by atoms with E-state index in [0.717, 1.165) is 16.7 Å². The number of rotatable bonds is 4. The Kier molecular flexibility index (Phi) is 4.17. The second kappa shape index (κ2) is 6.03. The zero-order valence-corrected chi connectivity index (χ0v) is 11.2. The van der Waals surface area contributed by atoms with Gasteiger partial charge in [-0.05, 0) is 36.6 Å². The van der Waals surface area contributed by atoms with Crippen molar-refractivity contribution in [2.24, 2.45) is 0 Å². The fourth-order valence-electron chi connectivity index (χ4n) is 2.10. The van der Waals surface area contributed by atoms with E-state index >= 15 is 0 Å². The summed E-state index contributed by atoms with van der Waals surface area (Å²) in [7, 11) is 0. The fourth-order valence-corrected chi connectivity index (χ4v) is 2.10. The number of carboxylic acids is 1. The summed E-state index contributed by atoms with van der Waals surface area (Å²) >= 11 is 0. The predicted octanol–water partition coefficient (Wildman–Crippen LogP) is 3.28. The second-order valence-corrected chi connectivity index (χ2v) is 4.81. The number of nitrogens with zero attached hydrogens (tertiary/aromatic N) is 1. The van der Waals surface area contributed by atoms with E-state index in [1.807, 2.05) is 43.3 Å². The molecule has 1 N–H and O–H groups in total. The van der Waals surface area contributed by atoms with Crippen LogP contribution < -0.4 is 0 Å². The summed E-state index contributed by atoms with van der Waals surface area (Å²) in [5, 5.41) is 18.2. The molecule has 0 spiro atoms. The van der Waals surface area contributed by atoms with Crippen LogP contribution in [-0.4, -0.2) is 11.1 Å². The predicted molar refractivity (Wildman–Crippen MR) is 76.4 cm³/mol. The van der Waals surface area contributed by atoms with Gasteiger partial charge in [-0.1, -0.05) is 42.0 Å². The lowest BCUT2D eigenvalue weighted by atomic mass is 9.91. The molecule has 0 radical (unpaired) electrons. The lowest BCUT2D eigenvalue weighted by Crippen LogP contribution is -2.14. The Balaban J connectivity index is 2.23. The van der Waals surface area contributed by atoms with Gasteiger partial charge >= 0.3 is 5.97 Å². The molecule has 3 heteroatoms. The molecule has 20 heavy (non-hydrogen) atoms. The molecule has 0 amide bonds. The summed E-state index contributed by atoms with van der Waals surface area (Å²) < 4.78 is 0. The molecule has 0 fully saturated rings. The largest absolute Gasteiger partial charge is 0.481 e. The first kappa shape index (κ1) is 13.8. The summed E-state index contributed by atoms with van der Waals surface area (Å²) in [6, 6.07) is 16.7. The molecule has 0 aromatic heterocycles. The molecule has 0 saturated heterocycles. The van der Waals surface area contributed by atoms with Gasteiger partial charge in [-0.25, -0.2) is 0 Å². The van der Waals surface area contributed by atoms with Gasteiger partial charge in [0.1, 0.15) is 0 Å². The Bertz CT molecular complexity index is 636. The summed E-state index contributed by atoms with van der Waals surface area (Å²) in [6.45, 7) is 1.97. The molecule has 0 saturated carbocycles. The molecule has 0 bridgehead atoms. The van der Waals surface area contributed by atoms with Crippen LogP contribution in [0, 0.1) is 18.3 Å². The van der Waals surface area contributed by atoms with Gasteiger partial charge in [-0.2, -0.15) is 5.26 Å². The van der Waals surface area contributed by atoms with Gasteiger partial charge in [0.05, 0.1) is 17.6 Å².